The summed E-state index contributed by atoms with van der Waals surface area (Å²) < 4.78 is 68.8. The maximum atomic E-state index is 15.8. The Morgan fingerprint density at radius 1 is 0.778 bits per heavy atom. The van der Waals surface area contributed by atoms with Crippen LogP contribution in [0.5, 0.6) is 0 Å². The molecule has 2 aromatic heterocycles. The van der Waals surface area contributed by atoms with Crippen molar-refractivity contribution < 1.29 is 51.3 Å². The average Bonchev–Trinajstić information content (AvgIpc) is 3.77. The molecule has 10 nitrogen and oxygen atoms in total. The molecule has 2 amide bonds. The van der Waals surface area contributed by atoms with E-state index in [0.717, 1.165) is 23.5 Å². The van der Waals surface area contributed by atoms with Gasteiger partial charge in [0.2, 0.25) is 11.8 Å². The number of halogens is 5. The fraction of sp³-hybridized carbons (Fsp3) is 0.243. The van der Waals surface area contributed by atoms with Crippen molar-refractivity contribution in [3.63, 3.8) is 0 Å². The van der Waals surface area contributed by atoms with Crippen molar-refractivity contribution in [3.05, 3.63) is 117 Å². The number of carbonyl (C=O) groups is 4. The van der Waals surface area contributed by atoms with Crippen LogP contribution < -0.4 is 10.6 Å². The van der Waals surface area contributed by atoms with E-state index in [-0.39, 0.29) is 53.1 Å². The van der Waals surface area contributed by atoms with E-state index in [2.05, 4.69) is 20.6 Å². The number of nitrogens with zero attached hydrogens (tertiary/aromatic N) is 2. The number of nitrogens with one attached hydrogen (secondary N) is 2. The Kier molecular flexibility index (Phi) is 12.5. The van der Waals surface area contributed by atoms with Crippen molar-refractivity contribution in [1.82, 2.24) is 20.6 Å². The van der Waals surface area contributed by atoms with Gasteiger partial charge < -0.3 is 20.8 Å². The van der Waals surface area contributed by atoms with Crippen molar-refractivity contribution in [2.45, 2.75) is 50.9 Å². The summed E-state index contributed by atoms with van der Waals surface area (Å²) >= 11 is 2.20. The van der Waals surface area contributed by atoms with E-state index in [9.17, 15) is 47.0 Å². The summed E-state index contributed by atoms with van der Waals surface area (Å²) in [4.78, 5) is 58.4. The quantitative estimate of drug-likeness (QED) is 0.0819. The lowest BCUT2D eigenvalue weighted by Gasteiger charge is -2.21. The van der Waals surface area contributed by atoms with Gasteiger partial charge in [0.05, 0.1) is 29.8 Å². The summed E-state index contributed by atoms with van der Waals surface area (Å²) in [6.45, 7) is 1.62. The smallest absolute Gasteiger partial charge is 0.416 e. The van der Waals surface area contributed by atoms with Gasteiger partial charge in [-0.15, -0.1) is 22.7 Å². The lowest BCUT2D eigenvalue weighted by Crippen LogP contribution is -2.42. The van der Waals surface area contributed by atoms with Crippen LogP contribution in [0.15, 0.2) is 77.5 Å². The second-order valence-corrected chi connectivity index (χ2v) is 14.1. The van der Waals surface area contributed by atoms with E-state index < -0.39 is 65.1 Å². The zero-order chi connectivity index (χ0) is 39.2. The molecule has 0 spiro atoms. The van der Waals surface area contributed by atoms with Crippen molar-refractivity contribution in [2.75, 3.05) is 0 Å². The van der Waals surface area contributed by atoms with Crippen molar-refractivity contribution in [3.8, 4) is 21.1 Å². The van der Waals surface area contributed by atoms with Crippen LogP contribution in [-0.4, -0.2) is 50.0 Å². The molecule has 2 unspecified atom stereocenters. The van der Waals surface area contributed by atoms with Gasteiger partial charge in [-0.3, -0.25) is 9.59 Å². The van der Waals surface area contributed by atoms with Gasteiger partial charge in [0, 0.05) is 27.5 Å². The predicted octanol–water partition coefficient (Wildman–Crippen LogP) is 7.10. The van der Waals surface area contributed by atoms with E-state index in [4.69, 9.17) is 0 Å². The van der Waals surface area contributed by atoms with Crippen LogP contribution in [0.3, 0.4) is 0 Å². The molecule has 0 aliphatic heterocycles. The number of amides is 2. The van der Waals surface area contributed by atoms with Gasteiger partial charge >= 0.3 is 18.1 Å². The van der Waals surface area contributed by atoms with Gasteiger partial charge in [-0.25, -0.2) is 28.3 Å². The number of hydrogen-bond donors (Lipinski definition) is 4. The molecule has 0 aliphatic rings. The molecule has 17 heteroatoms. The summed E-state index contributed by atoms with van der Waals surface area (Å²) in [5.74, 6) is -6.24. The van der Waals surface area contributed by atoms with E-state index in [1.807, 2.05) is 0 Å². The number of benzene rings is 3. The highest BCUT2D eigenvalue weighted by Crippen LogP contribution is 2.33. The largest absolute Gasteiger partial charge is 0.480 e. The molecular formula is C37H31F5N4O6S2. The number of thiazole rings is 2. The second kappa shape index (κ2) is 17.1. The summed E-state index contributed by atoms with van der Waals surface area (Å²) in [6, 6.07) is 11.2. The number of rotatable bonds is 15. The summed E-state index contributed by atoms with van der Waals surface area (Å²) in [7, 11) is 0. The Hall–Kier alpha value is -5.55. The SMILES string of the molecule is CC(Cc1cccc(C(NC(=O)Cc2csc(-c3cccc(F)c3)n2)C(=O)O)c1F)C[C@@H](NC(=O)Cc1csc(-c2cccc(C(F)(F)F)c2)n1)C(=O)O. The highest BCUT2D eigenvalue weighted by atomic mass is 32.1. The molecule has 5 rings (SSSR count). The lowest BCUT2D eigenvalue weighted by atomic mass is 9.92. The molecule has 0 fully saturated rings. The van der Waals surface area contributed by atoms with E-state index in [0.29, 0.717) is 16.3 Å². The monoisotopic (exact) mass is 786 g/mol. The van der Waals surface area contributed by atoms with Crippen molar-refractivity contribution in [1.29, 1.82) is 0 Å². The zero-order valence-electron chi connectivity index (χ0n) is 28.2. The fourth-order valence-corrected chi connectivity index (χ4v) is 7.25. The topological polar surface area (TPSA) is 159 Å². The molecule has 5 aromatic rings. The molecule has 282 valence electrons. The Morgan fingerprint density at radius 2 is 1.35 bits per heavy atom. The summed E-state index contributed by atoms with van der Waals surface area (Å²) in [5.41, 5.74) is 0.117. The third kappa shape index (κ3) is 10.3. The molecule has 0 bridgehead atoms. The minimum atomic E-state index is -4.55. The number of aliphatic carboxylic acids is 2. The van der Waals surface area contributed by atoms with Gasteiger partial charge in [-0.2, -0.15) is 13.2 Å². The first-order chi connectivity index (χ1) is 25.6. The minimum absolute atomic E-state index is 0.0479. The summed E-state index contributed by atoms with van der Waals surface area (Å²) in [5, 5.41) is 28.2. The number of carboxylic acids is 2. The Labute approximate surface area is 312 Å². The number of carbonyl (C=O) groups excluding carboxylic acids is 2. The highest BCUT2D eigenvalue weighted by Gasteiger charge is 2.31. The molecule has 3 atom stereocenters. The van der Waals surface area contributed by atoms with E-state index in [1.54, 1.807) is 18.4 Å². The minimum Gasteiger partial charge on any atom is -0.480 e. The maximum absolute atomic E-state index is 15.8. The average molecular weight is 787 g/mol. The molecule has 0 saturated heterocycles. The van der Waals surface area contributed by atoms with E-state index >= 15 is 4.39 Å². The van der Waals surface area contributed by atoms with Crippen LogP contribution in [-0.2, 0) is 44.6 Å². The standard InChI is InChI=1S/C37H31F5N4O6S2/c1-19(12-28(35(49)50)45-29(47)15-25-17-53-33(43-25)21-6-2-8-23(13-21)37(40,41)42)11-20-5-4-10-27(31(20)39)32(36(51)52)46-30(48)16-26-18-54-34(44-26)22-7-3-9-24(38)14-22/h2-10,13-14,17-19,28,32H,11-12,15-16H2,1H3,(H,45,47)(H,46,48)(H,49,50)(H,51,52)/t19?,28-,32?/m1/s1. The first kappa shape index (κ1) is 39.7. The summed E-state index contributed by atoms with van der Waals surface area (Å²) in [6.07, 6.45) is -5.40. The molecule has 0 radical (unpaired) electrons. The van der Waals surface area contributed by atoms with Gasteiger partial charge in [0.15, 0.2) is 6.04 Å². The molecule has 0 aliphatic carbocycles. The molecular weight excluding hydrogens is 756 g/mol. The lowest BCUT2D eigenvalue weighted by molar-refractivity contribution is -0.142. The van der Waals surface area contributed by atoms with Crippen molar-refractivity contribution in [2.24, 2.45) is 5.92 Å². The first-order valence-corrected chi connectivity index (χ1v) is 18.0. The van der Waals surface area contributed by atoms with Gasteiger partial charge in [0.25, 0.3) is 0 Å². The molecule has 0 saturated carbocycles. The Morgan fingerprint density at radius 3 is 1.93 bits per heavy atom. The second-order valence-electron chi connectivity index (χ2n) is 12.4. The van der Waals surface area contributed by atoms with Crippen molar-refractivity contribution >= 4 is 46.4 Å². The third-order valence-corrected chi connectivity index (χ3v) is 9.99. The van der Waals surface area contributed by atoms with Crippen LogP contribution in [0.25, 0.3) is 21.1 Å². The molecule has 3 aromatic carbocycles. The van der Waals surface area contributed by atoms with Gasteiger partial charge in [-0.05, 0) is 48.6 Å². The number of alkyl halides is 3. The molecule has 4 N–H and O–H groups in total. The Balaban J connectivity index is 1.19. The predicted molar refractivity (Wildman–Crippen MR) is 189 cm³/mol. The van der Waals surface area contributed by atoms with E-state index in [1.165, 1.54) is 65.2 Å². The fourth-order valence-electron chi connectivity index (χ4n) is 5.61. The zero-order valence-corrected chi connectivity index (χ0v) is 29.8. The van der Waals surface area contributed by atoms with Crippen LogP contribution in [0, 0.1) is 17.6 Å². The molecule has 54 heavy (non-hydrogen) atoms. The van der Waals surface area contributed by atoms with Gasteiger partial charge in [-0.1, -0.05) is 49.4 Å². The first-order valence-electron chi connectivity index (χ1n) is 16.2. The number of carboxylic acid groups (broad SMARTS) is 2. The van der Waals surface area contributed by atoms with Crippen LogP contribution in [0.4, 0.5) is 22.0 Å². The normalized spacial score (nSPS) is 13.1. The van der Waals surface area contributed by atoms with Crippen LogP contribution in [0.2, 0.25) is 0 Å². The van der Waals surface area contributed by atoms with Gasteiger partial charge in [0.1, 0.15) is 27.7 Å². The maximum Gasteiger partial charge on any atom is 0.416 e. The highest BCUT2D eigenvalue weighted by molar-refractivity contribution is 7.13. The molecule has 2 heterocycles. The van der Waals surface area contributed by atoms with Crippen LogP contribution in [0.1, 0.15) is 47.5 Å². The third-order valence-electron chi connectivity index (χ3n) is 8.11. The number of aromatic nitrogens is 2. The van der Waals surface area contributed by atoms with Crippen LogP contribution >= 0.6 is 22.7 Å². The Bertz CT molecular complexity index is 2170. The number of hydrogen-bond acceptors (Lipinski definition) is 8.